The van der Waals surface area contributed by atoms with Crippen LogP contribution in [0.25, 0.3) is 0 Å². The Morgan fingerprint density at radius 3 is 1.75 bits per heavy atom. The van der Waals surface area contributed by atoms with Crippen LogP contribution in [0.1, 0.15) is 97.8 Å². The van der Waals surface area contributed by atoms with Gasteiger partial charge in [0.05, 0.1) is 25.4 Å². The van der Waals surface area contributed by atoms with Crippen molar-refractivity contribution in [3.8, 4) is 0 Å². The van der Waals surface area contributed by atoms with Crippen molar-refractivity contribution < 1.29 is 75.7 Å². The summed E-state index contributed by atoms with van der Waals surface area (Å²) in [6.07, 6.45) is -7.85. The molecule has 0 heterocycles. The molecule has 4 saturated carbocycles. The van der Waals surface area contributed by atoms with Crippen LogP contribution >= 0.6 is 0 Å². The quantitative estimate of drug-likeness (QED) is 0.0486. The van der Waals surface area contributed by atoms with Gasteiger partial charge in [0.25, 0.3) is 11.8 Å². The fourth-order valence-electron chi connectivity index (χ4n) is 11.8. The van der Waals surface area contributed by atoms with Crippen LogP contribution in [0, 0.1) is 46.3 Å². The first kappa shape index (κ1) is 50.6. The number of hydrogen-bond acceptors (Lipinski definition) is 15. The van der Waals surface area contributed by atoms with Gasteiger partial charge in [-0.2, -0.15) is 0 Å². The molecule has 348 valence electrons. The minimum absolute atomic E-state index is 0.0491. The van der Waals surface area contributed by atoms with Crippen LogP contribution in [0.3, 0.4) is 0 Å². The first-order chi connectivity index (χ1) is 28.2. The van der Waals surface area contributed by atoms with Crippen LogP contribution in [-0.2, 0) is 14.4 Å². The van der Waals surface area contributed by atoms with Crippen LogP contribution in [0.15, 0.2) is 0 Å². The molecule has 0 aromatic carbocycles. The molecule has 18 atom stereocenters. The van der Waals surface area contributed by atoms with E-state index >= 15 is 0 Å². The van der Waals surface area contributed by atoms with E-state index < -0.39 is 80.0 Å². The van der Waals surface area contributed by atoms with Gasteiger partial charge in [-0.25, -0.2) is 0 Å². The molecule has 14 N–H and O–H groups in total. The minimum Gasteiger partial charge on any atom is -0.394 e. The van der Waals surface area contributed by atoms with Crippen molar-refractivity contribution in [2.24, 2.45) is 46.3 Å². The average molecular weight is 862 g/mol. The maximum absolute atomic E-state index is 13.8. The van der Waals surface area contributed by atoms with Crippen LogP contribution in [0.5, 0.6) is 0 Å². The summed E-state index contributed by atoms with van der Waals surface area (Å²) in [7, 11) is 0. The second kappa shape index (κ2) is 22.0. The predicted octanol–water partition coefficient (Wildman–Crippen LogP) is -2.89. The monoisotopic (exact) mass is 862 g/mol. The lowest BCUT2D eigenvalue weighted by Gasteiger charge is -2.62. The van der Waals surface area contributed by atoms with E-state index in [1.54, 1.807) is 4.90 Å². The third kappa shape index (κ3) is 11.2. The predicted molar refractivity (Wildman–Crippen MR) is 215 cm³/mol. The molecule has 4 aliphatic carbocycles. The zero-order valence-electron chi connectivity index (χ0n) is 35.5. The summed E-state index contributed by atoms with van der Waals surface area (Å²) in [6, 6.07) is 0. The third-order valence-corrected chi connectivity index (χ3v) is 15.5. The van der Waals surface area contributed by atoms with E-state index in [1.165, 1.54) is 0 Å². The lowest BCUT2D eigenvalue weighted by Crippen LogP contribution is -2.58. The van der Waals surface area contributed by atoms with E-state index in [0.29, 0.717) is 30.1 Å². The molecule has 4 rings (SSSR count). The molecule has 18 nitrogen and oxygen atoms in total. The molecule has 0 saturated heterocycles. The van der Waals surface area contributed by atoms with E-state index in [0.717, 1.165) is 51.4 Å². The Kier molecular flexibility index (Phi) is 18.6. The maximum Gasteiger partial charge on any atom is 0.251 e. The van der Waals surface area contributed by atoms with E-state index in [2.05, 4.69) is 31.4 Å². The number of rotatable bonds is 22. The third-order valence-electron chi connectivity index (χ3n) is 15.5. The number of amides is 3. The number of aliphatic hydroxyl groups excluding tert-OH is 12. The number of carbonyl (C=O) groups is 3. The van der Waals surface area contributed by atoms with Gasteiger partial charge in [0, 0.05) is 32.6 Å². The highest BCUT2D eigenvalue weighted by Gasteiger charge is 2.63. The Labute approximate surface area is 353 Å². The molecule has 4 fully saturated rings. The Hall–Kier alpha value is -2.07. The van der Waals surface area contributed by atoms with Crippen LogP contribution < -0.4 is 10.6 Å². The van der Waals surface area contributed by atoms with Gasteiger partial charge in [-0.15, -0.1) is 0 Å². The summed E-state index contributed by atoms with van der Waals surface area (Å²) in [4.78, 5) is 40.3. The summed E-state index contributed by atoms with van der Waals surface area (Å²) >= 11 is 0. The highest BCUT2D eigenvalue weighted by molar-refractivity contribution is 5.81. The number of nitrogens with one attached hydrogen (secondary N) is 2. The number of carbonyl (C=O) groups excluding carboxylic acids is 3. The van der Waals surface area contributed by atoms with Crippen molar-refractivity contribution >= 4 is 17.7 Å². The molecule has 0 bridgehead atoms. The highest BCUT2D eigenvalue weighted by atomic mass is 16.4. The molecule has 3 amide bonds. The smallest absolute Gasteiger partial charge is 0.251 e. The number of fused-ring (bicyclic) bond motifs is 5. The van der Waals surface area contributed by atoms with Gasteiger partial charge in [-0.3, -0.25) is 14.4 Å². The standard InChI is InChI=1S/C42H75N3O15/c1-22(26-9-10-27-25-8-7-23-18-24(48)12-13-41(23,2)28(25)19-31(51)42(26,27)3)6-11-32(52)45(16-4-14-43-39(59)37(57)35(55)33(53)29(49)20-46)17-5-15-44-40(60)38(58)36(56)34(54)30(50)21-47/h22-31,33-38,46-51,53-58H,4-21H2,1-3H3,(H,43,59)(H,44,60)/t22?,23?,24?,25?,26?,27?,28?,29?,30?,31?,33?,34?,35?,36?,37?,38?,41-,42+/m0/s1. The van der Waals surface area contributed by atoms with Crippen LogP contribution in [0.2, 0.25) is 0 Å². The van der Waals surface area contributed by atoms with Gasteiger partial charge in [-0.05, 0) is 117 Å². The summed E-state index contributed by atoms with van der Waals surface area (Å²) in [5.74, 6) is -0.145. The molecular formula is C42H75N3O15. The van der Waals surface area contributed by atoms with Gasteiger partial charge in [-0.1, -0.05) is 20.8 Å². The summed E-state index contributed by atoms with van der Waals surface area (Å²) in [6.45, 7) is 5.15. The molecule has 4 aliphatic rings. The molecular weight excluding hydrogens is 786 g/mol. The Morgan fingerprint density at radius 2 is 1.23 bits per heavy atom. The molecule has 0 aromatic rings. The zero-order valence-corrected chi connectivity index (χ0v) is 35.5. The molecule has 18 heteroatoms. The van der Waals surface area contributed by atoms with E-state index in [9.17, 15) is 65.4 Å². The topological polar surface area (TPSA) is 321 Å². The SMILES string of the molecule is CC(CCC(=O)N(CCCNC(=O)C(O)C(O)C(O)C(O)CO)CCCNC(=O)C(O)C(O)C(O)C(O)CO)C1CCC2C3CCC4CC(O)CC[C@]4(C)C3CC(O)[C@]12C. The molecule has 16 unspecified atom stereocenters. The van der Waals surface area contributed by atoms with E-state index in [-0.39, 0.29) is 80.1 Å². The Bertz CT molecular complexity index is 1350. The summed E-state index contributed by atoms with van der Waals surface area (Å²) < 4.78 is 0. The summed E-state index contributed by atoms with van der Waals surface area (Å²) in [5, 5.41) is 124. The van der Waals surface area contributed by atoms with Gasteiger partial charge < -0.3 is 76.8 Å². The lowest BCUT2D eigenvalue weighted by atomic mass is 9.43. The van der Waals surface area contributed by atoms with Gasteiger partial charge in [0.1, 0.15) is 36.6 Å². The van der Waals surface area contributed by atoms with Crippen molar-refractivity contribution in [2.45, 2.75) is 159 Å². The van der Waals surface area contributed by atoms with Crippen LogP contribution in [0.4, 0.5) is 0 Å². The molecule has 0 aliphatic heterocycles. The molecule has 0 aromatic heterocycles. The normalized spacial score (nSPS) is 34.6. The lowest BCUT2D eigenvalue weighted by molar-refractivity contribution is -0.175. The Morgan fingerprint density at radius 1 is 0.700 bits per heavy atom. The maximum atomic E-state index is 13.8. The number of aliphatic hydroxyl groups is 12. The van der Waals surface area contributed by atoms with Crippen molar-refractivity contribution in [1.29, 1.82) is 0 Å². The average Bonchev–Trinajstić information content (AvgIpc) is 3.61. The largest absolute Gasteiger partial charge is 0.394 e. The summed E-state index contributed by atoms with van der Waals surface area (Å²) in [5.41, 5.74) is -0.164. The fourth-order valence-corrected chi connectivity index (χ4v) is 11.8. The first-order valence-corrected chi connectivity index (χ1v) is 22.1. The van der Waals surface area contributed by atoms with E-state index in [1.807, 2.05) is 0 Å². The zero-order chi connectivity index (χ0) is 44.7. The van der Waals surface area contributed by atoms with E-state index in [4.69, 9.17) is 10.2 Å². The Balaban J connectivity index is 1.35. The van der Waals surface area contributed by atoms with Crippen molar-refractivity contribution in [1.82, 2.24) is 15.5 Å². The van der Waals surface area contributed by atoms with Gasteiger partial charge in [0.15, 0.2) is 12.2 Å². The van der Waals surface area contributed by atoms with Crippen molar-refractivity contribution in [3.63, 3.8) is 0 Å². The highest BCUT2D eigenvalue weighted by Crippen LogP contribution is 2.68. The minimum atomic E-state index is -2.11. The first-order valence-electron chi connectivity index (χ1n) is 22.1. The van der Waals surface area contributed by atoms with Gasteiger partial charge >= 0.3 is 0 Å². The second-order valence-corrected chi connectivity index (χ2v) is 18.9. The second-order valence-electron chi connectivity index (χ2n) is 18.9. The number of nitrogens with zero attached hydrogens (tertiary/aromatic N) is 1. The molecule has 60 heavy (non-hydrogen) atoms. The number of hydrogen-bond donors (Lipinski definition) is 14. The molecule has 0 spiro atoms. The van der Waals surface area contributed by atoms with Crippen molar-refractivity contribution in [3.05, 3.63) is 0 Å². The van der Waals surface area contributed by atoms with Crippen LogP contribution in [-0.4, -0.2) is 184 Å². The van der Waals surface area contributed by atoms with Crippen molar-refractivity contribution in [2.75, 3.05) is 39.4 Å². The van der Waals surface area contributed by atoms with Gasteiger partial charge in [0.2, 0.25) is 5.91 Å². The molecule has 0 radical (unpaired) electrons. The fraction of sp³-hybridized carbons (Fsp3) is 0.929.